The average Bonchev–Trinajstić information content (AvgIpc) is 3.15. The van der Waals surface area contributed by atoms with Gasteiger partial charge in [0, 0.05) is 18.0 Å². The quantitative estimate of drug-likeness (QED) is 0.765. The molecule has 2 aromatic rings. The Morgan fingerprint density at radius 1 is 1.39 bits per heavy atom. The van der Waals surface area contributed by atoms with Crippen LogP contribution in [0.15, 0.2) is 54.0 Å². The molecule has 0 saturated carbocycles. The Hall–Kier alpha value is -2.81. The van der Waals surface area contributed by atoms with Gasteiger partial charge in [0.15, 0.2) is 0 Å². The fourth-order valence-corrected chi connectivity index (χ4v) is 3.76. The first-order valence-corrected chi connectivity index (χ1v) is 9.23. The summed E-state index contributed by atoms with van der Waals surface area (Å²) in [6.45, 7) is 1.79. The Kier molecular flexibility index (Phi) is 5.73. The molecule has 0 atom stereocenters. The molecule has 0 bridgehead atoms. The van der Waals surface area contributed by atoms with Crippen LogP contribution in [-0.2, 0) is 0 Å². The van der Waals surface area contributed by atoms with Gasteiger partial charge in [-0.25, -0.2) is 4.98 Å². The van der Waals surface area contributed by atoms with Crippen molar-refractivity contribution < 1.29 is 22.7 Å². The zero-order valence-electron chi connectivity index (χ0n) is 15.0. The predicted molar refractivity (Wildman–Crippen MR) is 101 cm³/mol. The van der Waals surface area contributed by atoms with Gasteiger partial charge in [-0.1, -0.05) is 24.3 Å². The monoisotopic (exact) mass is 409 g/mol. The van der Waals surface area contributed by atoms with E-state index in [4.69, 9.17) is 10.5 Å². The number of amides is 1. The standard InChI is InChI=1S/C19H18F3N3O2S/c1-12-9-24-11-25(12)16-7-15(17(28-16)18(23)26)27-10-14-6-4-2-3-5-13(14)8-19(20,21)22/h2-5,7,9,11H,6,8,10H2,1H3,(H2,23,26). The van der Waals surface area contributed by atoms with E-state index in [1.54, 1.807) is 41.4 Å². The van der Waals surface area contributed by atoms with Crippen LogP contribution in [0.1, 0.15) is 28.2 Å². The lowest BCUT2D eigenvalue weighted by Gasteiger charge is -2.14. The first kappa shape index (κ1) is 19.9. The number of hydrogen-bond acceptors (Lipinski definition) is 4. The van der Waals surface area contributed by atoms with Gasteiger partial charge in [-0.3, -0.25) is 9.36 Å². The number of ether oxygens (including phenoxy) is 1. The molecule has 0 fully saturated rings. The topological polar surface area (TPSA) is 70.1 Å². The minimum atomic E-state index is -4.32. The van der Waals surface area contributed by atoms with Crippen molar-refractivity contribution in [3.05, 3.63) is 64.6 Å². The second-order valence-corrected chi connectivity index (χ2v) is 7.28. The zero-order valence-corrected chi connectivity index (χ0v) is 15.8. The van der Waals surface area contributed by atoms with E-state index in [1.165, 1.54) is 6.08 Å². The number of carbonyl (C=O) groups excluding carboxylic acids is 1. The molecule has 1 aliphatic rings. The van der Waals surface area contributed by atoms with E-state index < -0.39 is 18.5 Å². The SMILES string of the molecule is Cc1cncn1-c1cc(OCC2=C(CC(F)(F)F)C=CC=CC2)c(C(N)=O)s1. The van der Waals surface area contributed by atoms with Crippen molar-refractivity contribution in [2.75, 3.05) is 6.61 Å². The highest BCUT2D eigenvalue weighted by Crippen LogP contribution is 2.34. The molecule has 148 valence electrons. The van der Waals surface area contributed by atoms with Gasteiger partial charge in [-0.2, -0.15) is 13.2 Å². The number of primary amides is 1. The maximum absolute atomic E-state index is 12.9. The van der Waals surface area contributed by atoms with Gasteiger partial charge in [0.1, 0.15) is 22.2 Å². The highest BCUT2D eigenvalue weighted by Gasteiger charge is 2.29. The highest BCUT2D eigenvalue weighted by atomic mass is 32.1. The Bertz CT molecular complexity index is 967. The third-order valence-corrected chi connectivity index (χ3v) is 5.26. The average molecular weight is 409 g/mol. The third-order valence-electron chi connectivity index (χ3n) is 4.13. The predicted octanol–water partition coefficient (Wildman–Crippen LogP) is 4.49. The van der Waals surface area contributed by atoms with Crippen LogP contribution in [0, 0.1) is 6.92 Å². The van der Waals surface area contributed by atoms with Gasteiger partial charge in [0.2, 0.25) is 0 Å². The van der Waals surface area contributed by atoms with E-state index in [9.17, 15) is 18.0 Å². The summed E-state index contributed by atoms with van der Waals surface area (Å²) in [6, 6.07) is 1.64. The van der Waals surface area contributed by atoms with Crippen LogP contribution in [0.3, 0.4) is 0 Å². The fourth-order valence-electron chi connectivity index (χ4n) is 2.78. The molecule has 0 unspecified atom stereocenters. The van der Waals surface area contributed by atoms with E-state index >= 15 is 0 Å². The summed E-state index contributed by atoms with van der Waals surface area (Å²) in [5, 5.41) is 0.684. The van der Waals surface area contributed by atoms with Crippen molar-refractivity contribution in [1.82, 2.24) is 9.55 Å². The maximum Gasteiger partial charge on any atom is 0.393 e. The number of alkyl halides is 3. The smallest absolute Gasteiger partial charge is 0.393 e. The number of aryl methyl sites for hydroxylation is 1. The molecule has 0 spiro atoms. The molecule has 3 rings (SSSR count). The lowest BCUT2D eigenvalue weighted by molar-refractivity contribution is -0.126. The molecule has 1 amide bonds. The molecule has 5 nitrogen and oxygen atoms in total. The van der Waals surface area contributed by atoms with Crippen LogP contribution < -0.4 is 10.5 Å². The van der Waals surface area contributed by atoms with Crippen molar-refractivity contribution in [3.63, 3.8) is 0 Å². The van der Waals surface area contributed by atoms with Crippen molar-refractivity contribution in [2.45, 2.75) is 25.9 Å². The summed E-state index contributed by atoms with van der Waals surface area (Å²) in [6.07, 6.45) is 4.74. The number of carbonyl (C=O) groups is 1. The Balaban J connectivity index is 1.87. The lowest BCUT2D eigenvalue weighted by atomic mass is 10.0. The first-order chi connectivity index (χ1) is 13.2. The van der Waals surface area contributed by atoms with E-state index in [2.05, 4.69) is 4.98 Å². The molecular formula is C19H18F3N3O2S. The molecule has 0 aromatic carbocycles. The third kappa shape index (κ3) is 4.72. The number of nitrogens with zero attached hydrogens (tertiary/aromatic N) is 2. The van der Waals surface area contributed by atoms with Crippen molar-refractivity contribution in [1.29, 1.82) is 0 Å². The number of halogens is 3. The number of allylic oxidation sites excluding steroid dienone is 5. The van der Waals surface area contributed by atoms with Gasteiger partial charge in [-0.05, 0) is 24.5 Å². The van der Waals surface area contributed by atoms with Crippen LogP contribution in [0.2, 0.25) is 0 Å². The number of aromatic nitrogens is 2. The van der Waals surface area contributed by atoms with Gasteiger partial charge >= 0.3 is 6.18 Å². The first-order valence-electron chi connectivity index (χ1n) is 8.41. The molecular weight excluding hydrogens is 391 g/mol. The minimum absolute atomic E-state index is 0.0700. The molecule has 1 aliphatic carbocycles. The summed E-state index contributed by atoms with van der Waals surface area (Å²) in [4.78, 5) is 16.0. The van der Waals surface area contributed by atoms with Gasteiger partial charge in [0.05, 0.1) is 12.7 Å². The number of nitrogens with two attached hydrogens (primary N) is 1. The van der Waals surface area contributed by atoms with Crippen molar-refractivity contribution in [2.24, 2.45) is 5.73 Å². The van der Waals surface area contributed by atoms with Gasteiger partial charge < -0.3 is 10.5 Å². The van der Waals surface area contributed by atoms with Crippen LogP contribution in [0.4, 0.5) is 13.2 Å². The molecule has 0 radical (unpaired) electrons. The van der Waals surface area contributed by atoms with Gasteiger partial charge in [-0.15, -0.1) is 11.3 Å². The van der Waals surface area contributed by atoms with E-state index in [-0.39, 0.29) is 22.8 Å². The summed E-state index contributed by atoms with van der Waals surface area (Å²) in [7, 11) is 0. The minimum Gasteiger partial charge on any atom is -0.487 e. The molecule has 2 heterocycles. The van der Waals surface area contributed by atoms with Crippen LogP contribution in [0.25, 0.3) is 5.00 Å². The maximum atomic E-state index is 12.9. The van der Waals surface area contributed by atoms with Crippen LogP contribution >= 0.6 is 11.3 Å². The molecule has 0 saturated heterocycles. The highest BCUT2D eigenvalue weighted by molar-refractivity contribution is 7.16. The number of hydrogen-bond donors (Lipinski definition) is 1. The molecule has 2 N–H and O–H groups in total. The van der Waals surface area contributed by atoms with E-state index in [0.29, 0.717) is 17.0 Å². The summed E-state index contributed by atoms with van der Waals surface area (Å²) >= 11 is 1.14. The Morgan fingerprint density at radius 2 is 2.18 bits per heavy atom. The summed E-state index contributed by atoms with van der Waals surface area (Å²) in [5.41, 5.74) is 6.98. The number of imidazole rings is 1. The largest absolute Gasteiger partial charge is 0.487 e. The Morgan fingerprint density at radius 3 is 2.82 bits per heavy atom. The molecule has 9 heteroatoms. The normalized spacial score (nSPS) is 14.4. The van der Waals surface area contributed by atoms with Crippen LogP contribution in [0.5, 0.6) is 5.75 Å². The van der Waals surface area contributed by atoms with E-state index in [0.717, 1.165) is 17.0 Å². The van der Waals surface area contributed by atoms with Crippen molar-refractivity contribution in [3.8, 4) is 10.8 Å². The van der Waals surface area contributed by atoms with Gasteiger partial charge in [0.25, 0.3) is 5.91 Å². The number of rotatable bonds is 6. The summed E-state index contributed by atoms with van der Waals surface area (Å²) in [5.74, 6) is -0.411. The fraction of sp³-hybridized carbons (Fsp3) is 0.263. The molecule has 2 aromatic heterocycles. The molecule has 0 aliphatic heterocycles. The van der Waals surface area contributed by atoms with Crippen molar-refractivity contribution >= 4 is 17.2 Å². The lowest BCUT2D eigenvalue weighted by Crippen LogP contribution is -2.13. The second-order valence-electron chi connectivity index (χ2n) is 6.25. The molecule has 28 heavy (non-hydrogen) atoms. The Labute approximate surface area is 163 Å². The second kappa shape index (κ2) is 8.05. The number of thiophene rings is 1. The van der Waals surface area contributed by atoms with Crippen LogP contribution in [-0.4, -0.2) is 28.2 Å². The summed E-state index contributed by atoms with van der Waals surface area (Å²) < 4.78 is 46.2. The zero-order chi connectivity index (χ0) is 20.3. The van der Waals surface area contributed by atoms with E-state index in [1.807, 2.05) is 6.92 Å².